The van der Waals surface area contributed by atoms with E-state index in [2.05, 4.69) is 21.2 Å². The van der Waals surface area contributed by atoms with Crippen LogP contribution >= 0.6 is 15.9 Å². The van der Waals surface area contributed by atoms with E-state index in [4.69, 9.17) is 0 Å². The smallest absolute Gasteiger partial charge is 0.251 e. The molecule has 0 saturated heterocycles. The number of nitrogens with one attached hydrogen (secondary N) is 1. The molecule has 0 fully saturated rings. The fraction of sp³-hybridized carbons (Fsp3) is 0.235. The molecule has 0 aliphatic heterocycles. The van der Waals surface area contributed by atoms with Crippen molar-refractivity contribution in [2.75, 3.05) is 0 Å². The second-order valence-corrected chi connectivity index (χ2v) is 6.02. The van der Waals surface area contributed by atoms with Gasteiger partial charge in [0.25, 0.3) is 5.91 Å². The first-order valence-corrected chi connectivity index (χ1v) is 7.56. The van der Waals surface area contributed by atoms with E-state index in [0.29, 0.717) is 12.0 Å². The summed E-state index contributed by atoms with van der Waals surface area (Å²) in [6, 6.07) is 11.8. The molecular formula is C17H17BrFNO. The molecule has 4 heteroatoms. The highest BCUT2D eigenvalue weighted by atomic mass is 79.9. The summed E-state index contributed by atoms with van der Waals surface area (Å²) < 4.78 is 13.8. The van der Waals surface area contributed by atoms with Gasteiger partial charge in [0.15, 0.2) is 0 Å². The first-order valence-electron chi connectivity index (χ1n) is 6.77. The second-order valence-electron chi connectivity index (χ2n) is 5.17. The predicted molar refractivity (Wildman–Crippen MR) is 85.9 cm³/mol. The minimum Gasteiger partial charge on any atom is -0.349 e. The lowest BCUT2D eigenvalue weighted by Gasteiger charge is -2.14. The van der Waals surface area contributed by atoms with E-state index in [9.17, 15) is 9.18 Å². The number of hydrogen-bond acceptors (Lipinski definition) is 1. The van der Waals surface area contributed by atoms with Crippen LogP contribution < -0.4 is 5.32 Å². The van der Waals surface area contributed by atoms with Gasteiger partial charge in [-0.05, 0) is 55.7 Å². The molecule has 1 amide bonds. The van der Waals surface area contributed by atoms with Gasteiger partial charge in [-0.1, -0.05) is 34.1 Å². The average Bonchev–Trinajstić information content (AvgIpc) is 2.44. The Kier molecular flexibility index (Phi) is 5.12. The van der Waals surface area contributed by atoms with Gasteiger partial charge < -0.3 is 5.32 Å². The second kappa shape index (κ2) is 6.85. The van der Waals surface area contributed by atoms with Crippen LogP contribution in [0.25, 0.3) is 0 Å². The minimum absolute atomic E-state index is 0.0250. The molecule has 2 rings (SSSR count). The fourth-order valence-electron chi connectivity index (χ4n) is 2.07. The van der Waals surface area contributed by atoms with Crippen LogP contribution in [0.2, 0.25) is 0 Å². The number of halogens is 2. The van der Waals surface area contributed by atoms with E-state index < -0.39 is 0 Å². The van der Waals surface area contributed by atoms with Gasteiger partial charge >= 0.3 is 0 Å². The molecule has 0 radical (unpaired) electrons. The molecule has 1 N–H and O–H groups in total. The highest BCUT2D eigenvalue weighted by Crippen LogP contribution is 2.17. The van der Waals surface area contributed by atoms with Gasteiger partial charge in [-0.15, -0.1) is 0 Å². The Balaban J connectivity index is 1.98. The molecule has 0 saturated carbocycles. The van der Waals surface area contributed by atoms with Crippen LogP contribution in [0.5, 0.6) is 0 Å². The standard InChI is InChI=1S/C17H17BrFNO/c1-11-3-6-14(10-16(11)18)17(21)20-12(2)9-13-4-7-15(19)8-5-13/h3-8,10,12H,9H2,1-2H3,(H,20,21). The Hall–Kier alpha value is -1.68. The summed E-state index contributed by atoms with van der Waals surface area (Å²) >= 11 is 3.43. The van der Waals surface area contributed by atoms with Crippen LogP contribution in [-0.2, 0) is 6.42 Å². The molecule has 0 heterocycles. The molecule has 110 valence electrons. The van der Waals surface area contributed by atoms with Crippen molar-refractivity contribution >= 4 is 21.8 Å². The van der Waals surface area contributed by atoms with Crippen molar-refractivity contribution in [2.24, 2.45) is 0 Å². The van der Waals surface area contributed by atoms with Crippen molar-refractivity contribution in [3.8, 4) is 0 Å². The lowest BCUT2D eigenvalue weighted by atomic mass is 10.1. The SMILES string of the molecule is Cc1ccc(C(=O)NC(C)Cc2ccc(F)cc2)cc1Br. The molecule has 0 aliphatic rings. The quantitative estimate of drug-likeness (QED) is 0.877. The van der Waals surface area contributed by atoms with Crippen LogP contribution in [-0.4, -0.2) is 11.9 Å². The van der Waals surface area contributed by atoms with Gasteiger partial charge in [0.1, 0.15) is 5.82 Å². The van der Waals surface area contributed by atoms with Crippen molar-refractivity contribution in [3.63, 3.8) is 0 Å². The number of carbonyl (C=O) groups excluding carboxylic acids is 1. The Morgan fingerprint density at radius 3 is 2.52 bits per heavy atom. The van der Waals surface area contributed by atoms with Crippen molar-refractivity contribution in [2.45, 2.75) is 26.3 Å². The molecule has 0 bridgehead atoms. The van der Waals surface area contributed by atoms with Crippen LogP contribution in [0, 0.1) is 12.7 Å². The van der Waals surface area contributed by atoms with Gasteiger partial charge in [0.05, 0.1) is 0 Å². The molecule has 0 aromatic heterocycles. The topological polar surface area (TPSA) is 29.1 Å². The zero-order chi connectivity index (χ0) is 15.4. The van der Waals surface area contributed by atoms with E-state index in [-0.39, 0.29) is 17.8 Å². The largest absolute Gasteiger partial charge is 0.349 e. The summed E-state index contributed by atoms with van der Waals surface area (Å²) in [5.74, 6) is -0.356. The maximum absolute atomic E-state index is 12.9. The van der Waals surface area contributed by atoms with E-state index in [1.807, 2.05) is 26.0 Å². The van der Waals surface area contributed by atoms with Crippen molar-refractivity contribution in [1.29, 1.82) is 0 Å². The third kappa shape index (κ3) is 4.39. The summed E-state index contributed by atoms with van der Waals surface area (Å²) in [5.41, 5.74) is 2.71. The first kappa shape index (κ1) is 15.7. The molecule has 21 heavy (non-hydrogen) atoms. The zero-order valence-electron chi connectivity index (χ0n) is 12.0. The van der Waals surface area contributed by atoms with E-state index >= 15 is 0 Å². The van der Waals surface area contributed by atoms with Gasteiger partial charge in [-0.25, -0.2) is 4.39 Å². The Morgan fingerprint density at radius 1 is 1.24 bits per heavy atom. The maximum atomic E-state index is 12.9. The summed E-state index contributed by atoms with van der Waals surface area (Å²) in [6.07, 6.45) is 0.666. The molecule has 1 unspecified atom stereocenters. The molecule has 2 aromatic rings. The van der Waals surface area contributed by atoms with Crippen molar-refractivity contribution in [1.82, 2.24) is 5.32 Å². The van der Waals surface area contributed by atoms with Crippen molar-refractivity contribution < 1.29 is 9.18 Å². The third-order valence-electron chi connectivity index (χ3n) is 3.27. The van der Waals surface area contributed by atoms with Gasteiger partial charge in [0.2, 0.25) is 0 Å². The van der Waals surface area contributed by atoms with Crippen LogP contribution in [0.4, 0.5) is 4.39 Å². The number of benzene rings is 2. The molecule has 2 nitrogen and oxygen atoms in total. The van der Waals surface area contributed by atoms with E-state index in [0.717, 1.165) is 15.6 Å². The zero-order valence-corrected chi connectivity index (χ0v) is 13.6. The van der Waals surface area contributed by atoms with Gasteiger partial charge in [-0.2, -0.15) is 0 Å². The summed E-state index contributed by atoms with van der Waals surface area (Å²) in [4.78, 5) is 12.2. The van der Waals surface area contributed by atoms with Crippen molar-refractivity contribution in [3.05, 3.63) is 69.4 Å². The lowest BCUT2D eigenvalue weighted by molar-refractivity contribution is 0.0940. The number of aryl methyl sites for hydroxylation is 1. The Morgan fingerprint density at radius 2 is 1.90 bits per heavy atom. The van der Waals surface area contributed by atoms with Crippen LogP contribution in [0.1, 0.15) is 28.4 Å². The number of hydrogen-bond donors (Lipinski definition) is 1. The first-order chi connectivity index (χ1) is 9.95. The highest BCUT2D eigenvalue weighted by Gasteiger charge is 2.11. The predicted octanol–water partition coefficient (Wildman–Crippen LogP) is 4.26. The number of amides is 1. The molecule has 0 aliphatic carbocycles. The van der Waals surface area contributed by atoms with Crippen LogP contribution in [0.3, 0.4) is 0 Å². The summed E-state index contributed by atoms with van der Waals surface area (Å²) in [6.45, 7) is 3.91. The molecule has 1 atom stereocenters. The van der Waals surface area contributed by atoms with Gasteiger partial charge in [0, 0.05) is 16.1 Å². The minimum atomic E-state index is -0.250. The van der Waals surface area contributed by atoms with E-state index in [1.54, 1.807) is 18.2 Å². The molecule has 2 aromatic carbocycles. The Labute approximate surface area is 132 Å². The Bertz CT molecular complexity index is 640. The average molecular weight is 350 g/mol. The van der Waals surface area contributed by atoms with Gasteiger partial charge in [-0.3, -0.25) is 4.79 Å². The maximum Gasteiger partial charge on any atom is 0.251 e. The van der Waals surface area contributed by atoms with Crippen LogP contribution in [0.15, 0.2) is 46.9 Å². The normalized spacial score (nSPS) is 12.0. The lowest BCUT2D eigenvalue weighted by Crippen LogP contribution is -2.34. The fourth-order valence-corrected chi connectivity index (χ4v) is 2.45. The summed E-state index contributed by atoms with van der Waals surface area (Å²) in [5, 5.41) is 2.95. The number of rotatable bonds is 4. The number of carbonyl (C=O) groups is 1. The van der Waals surface area contributed by atoms with E-state index in [1.165, 1.54) is 12.1 Å². The summed E-state index contributed by atoms with van der Waals surface area (Å²) in [7, 11) is 0. The highest BCUT2D eigenvalue weighted by molar-refractivity contribution is 9.10. The molecular weight excluding hydrogens is 333 g/mol. The monoisotopic (exact) mass is 349 g/mol. The molecule has 0 spiro atoms. The third-order valence-corrected chi connectivity index (χ3v) is 4.12.